The van der Waals surface area contributed by atoms with Gasteiger partial charge < -0.3 is 59.3 Å². The van der Waals surface area contributed by atoms with Crippen LogP contribution in [-0.2, 0) is 47.5 Å². The number of rotatable bonds is 8. The van der Waals surface area contributed by atoms with Crippen LogP contribution >= 0.6 is 0 Å². The predicted molar refractivity (Wildman–Crippen MR) is 106 cm³/mol. The number of hydrogen-bond donors (Lipinski definition) is 5. The lowest BCUT2D eigenvalue weighted by Crippen LogP contribution is -2.66. The summed E-state index contributed by atoms with van der Waals surface area (Å²) in [6.07, 6.45) is -17.9. The van der Waals surface area contributed by atoms with E-state index in [-0.39, 0.29) is 0 Å². The Hall–Kier alpha value is -2.60. The average Bonchev–Trinajstić information content (AvgIpc) is 2.75. The van der Waals surface area contributed by atoms with Gasteiger partial charge in [0, 0.05) is 20.8 Å². The normalized spacial score (nSPS) is 37.1. The highest BCUT2D eigenvalue weighted by Gasteiger charge is 2.55. The number of esters is 3. The van der Waals surface area contributed by atoms with Crippen LogP contribution in [0.5, 0.6) is 0 Å². The van der Waals surface area contributed by atoms with Crippen molar-refractivity contribution in [1.29, 1.82) is 0 Å². The van der Waals surface area contributed by atoms with E-state index < -0.39 is 98.6 Å². The molecule has 35 heavy (non-hydrogen) atoms. The topological polar surface area (TPSA) is 240 Å². The van der Waals surface area contributed by atoms with Crippen molar-refractivity contribution in [2.75, 3.05) is 13.2 Å². The standard InChI is InChI=1S/C19H29NO15/c1-6(22)29-5-10-13(30-7(2)23)15(35-19(20)28)16(31-8(3)24)18(33-10)34-14-12(26)11(25)9(4-21)32-17(14)27/h9-18,21,25-27H,4-5H2,1-3H3,(H2,20,28)/t9-,10+,11+,12-,13+,14-,15-,16-,17-,18+/m0/s1. The van der Waals surface area contributed by atoms with E-state index in [4.69, 9.17) is 38.9 Å². The Labute approximate surface area is 198 Å². The first kappa shape index (κ1) is 28.6. The number of primary amides is 1. The second-order valence-electron chi connectivity index (χ2n) is 7.72. The number of ether oxygens (including phenoxy) is 7. The third-order valence-electron chi connectivity index (χ3n) is 5.03. The molecule has 0 unspecified atom stereocenters. The third kappa shape index (κ3) is 7.44. The SMILES string of the molecule is CC(=O)OC[C@H]1O[C@H](O[C@H]2[C@@H](O)[C@H](O)[C@H](CO)O[C@@H]2O)[C@@H](OC(C)=O)[C@@H](OC(N)=O)[C@@H]1OC(C)=O. The Morgan fingerprint density at radius 3 is 1.89 bits per heavy atom. The maximum atomic E-state index is 11.8. The molecule has 200 valence electrons. The van der Waals surface area contributed by atoms with Crippen molar-refractivity contribution < 1.29 is 72.8 Å². The maximum Gasteiger partial charge on any atom is 0.405 e. The molecule has 0 aromatic rings. The minimum Gasteiger partial charge on any atom is -0.463 e. The fourth-order valence-corrected chi connectivity index (χ4v) is 3.61. The molecule has 2 fully saturated rings. The summed E-state index contributed by atoms with van der Waals surface area (Å²) in [6.45, 7) is 1.81. The molecule has 2 saturated heterocycles. The summed E-state index contributed by atoms with van der Waals surface area (Å²) in [7, 11) is 0. The fraction of sp³-hybridized carbons (Fsp3) is 0.789. The number of amides is 1. The van der Waals surface area contributed by atoms with Gasteiger partial charge in [-0.15, -0.1) is 0 Å². The van der Waals surface area contributed by atoms with Gasteiger partial charge in [-0.05, 0) is 0 Å². The van der Waals surface area contributed by atoms with Gasteiger partial charge in [0.25, 0.3) is 0 Å². The quantitative estimate of drug-likeness (QED) is 0.156. The molecule has 16 nitrogen and oxygen atoms in total. The summed E-state index contributed by atoms with van der Waals surface area (Å²) in [5.74, 6) is -2.53. The van der Waals surface area contributed by atoms with Crippen LogP contribution in [0.4, 0.5) is 4.79 Å². The van der Waals surface area contributed by atoms with E-state index in [0.29, 0.717) is 0 Å². The fourth-order valence-electron chi connectivity index (χ4n) is 3.61. The molecule has 2 heterocycles. The molecule has 0 saturated carbocycles. The van der Waals surface area contributed by atoms with Gasteiger partial charge in [-0.3, -0.25) is 14.4 Å². The van der Waals surface area contributed by atoms with E-state index in [1.54, 1.807) is 0 Å². The van der Waals surface area contributed by atoms with Crippen molar-refractivity contribution >= 4 is 24.0 Å². The number of carbonyl (C=O) groups excluding carboxylic acids is 4. The molecule has 2 aliphatic rings. The van der Waals surface area contributed by atoms with Crippen LogP contribution in [0.2, 0.25) is 0 Å². The second kappa shape index (κ2) is 12.4. The number of aliphatic hydroxyl groups is 4. The molecule has 16 heteroatoms. The summed E-state index contributed by atoms with van der Waals surface area (Å²) in [6, 6.07) is 0. The van der Waals surface area contributed by atoms with E-state index in [0.717, 1.165) is 20.8 Å². The smallest absolute Gasteiger partial charge is 0.405 e. The Balaban J connectivity index is 2.43. The highest BCUT2D eigenvalue weighted by molar-refractivity contribution is 5.68. The first-order valence-corrected chi connectivity index (χ1v) is 10.4. The Morgan fingerprint density at radius 1 is 0.771 bits per heavy atom. The molecule has 0 aliphatic carbocycles. The molecule has 1 amide bonds. The van der Waals surface area contributed by atoms with Gasteiger partial charge >= 0.3 is 24.0 Å². The Morgan fingerprint density at radius 2 is 1.37 bits per heavy atom. The number of carbonyl (C=O) groups is 4. The van der Waals surface area contributed by atoms with Gasteiger partial charge in [0.1, 0.15) is 37.1 Å². The summed E-state index contributed by atoms with van der Waals surface area (Å²) in [5.41, 5.74) is 5.13. The summed E-state index contributed by atoms with van der Waals surface area (Å²) in [5, 5.41) is 40.0. The van der Waals surface area contributed by atoms with Crippen molar-refractivity contribution in [3.05, 3.63) is 0 Å². The van der Waals surface area contributed by atoms with E-state index in [2.05, 4.69) is 0 Å². The highest BCUT2D eigenvalue weighted by atomic mass is 16.8. The summed E-state index contributed by atoms with van der Waals surface area (Å²) < 4.78 is 36.5. The van der Waals surface area contributed by atoms with Crippen molar-refractivity contribution in [2.24, 2.45) is 5.73 Å². The van der Waals surface area contributed by atoms with Gasteiger partial charge in [-0.1, -0.05) is 0 Å². The molecular weight excluding hydrogens is 482 g/mol. The monoisotopic (exact) mass is 511 g/mol. The van der Waals surface area contributed by atoms with Crippen LogP contribution in [0.15, 0.2) is 0 Å². The number of hydrogen-bond acceptors (Lipinski definition) is 15. The van der Waals surface area contributed by atoms with Crippen LogP contribution in [0, 0.1) is 0 Å². The summed E-state index contributed by atoms with van der Waals surface area (Å²) in [4.78, 5) is 46.5. The predicted octanol–water partition coefficient (Wildman–Crippen LogP) is -3.58. The maximum absolute atomic E-state index is 11.8. The molecule has 0 aromatic heterocycles. The number of aliphatic hydroxyl groups excluding tert-OH is 4. The molecule has 0 radical (unpaired) electrons. The van der Waals surface area contributed by atoms with Crippen molar-refractivity contribution in [1.82, 2.24) is 0 Å². The molecule has 0 aromatic carbocycles. The van der Waals surface area contributed by atoms with E-state index >= 15 is 0 Å². The van der Waals surface area contributed by atoms with Gasteiger partial charge in [-0.2, -0.15) is 0 Å². The number of nitrogens with two attached hydrogens (primary N) is 1. The average molecular weight is 511 g/mol. The Bertz CT molecular complexity index is 777. The van der Waals surface area contributed by atoms with Gasteiger partial charge in [0.2, 0.25) is 0 Å². The van der Waals surface area contributed by atoms with Crippen LogP contribution in [-0.4, -0.2) is 119 Å². The summed E-state index contributed by atoms with van der Waals surface area (Å²) >= 11 is 0. The van der Waals surface area contributed by atoms with E-state index in [1.807, 2.05) is 0 Å². The molecule has 2 aliphatic heterocycles. The molecule has 10 atom stereocenters. The minimum absolute atomic E-state index is 0.556. The van der Waals surface area contributed by atoms with Crippen molar-refractivity contribution in [3.8, 4) is 0 Å². The molecular formula is C19H29NO15. The Kier molecular flexibility index (Phi) is 10.1. The van der Waals surface area contributed by atoms with Crippen LogP contribution in [0.1, 0.15) is 20.8 Å². The largest absolute Gasteiger partial charge is 0.463 e. The third-order valence-corrected chi connectivity index (χ3v) is 5.03. The van der Waals surface area contributed by atoms with Crippen LogP contribution in [0.3, 0.4) is 0 Å². The lowest BCUT2D eigenvalue weighted by molar-refractivity contribution is -0.361. The minimum atomic E-state index is -1.90. The lowest BCUT2D eigenvalue weighted by Gasteiger charge is -2.46. The van der Waals surface area contributed by atoms with E-state index in [1.165, 1.54) is 0 Å². The van der Waals surface area contributed by atoms with Crippen LogP contribution in [0.25, 0.3) is 0 Å². The second-order valence-corrected chi connectivity index (χ2v) is 7.72. The lowest BCUT2D eigenvalue weighted by atomic mass is 9.96. The molecule has 0 spiro atoms. The molecule has 0 bridgehead atoms. The van der Waals surface area contributed by atoms with Crippen molar-refractivity contribution in [2.45, 2.75) is 82.2 Å². The zero-order chi connectivity index (χ0) is 26.4. The highest BCUT2D eigenvalue weighted by Crippen LogP contribution is 2.32. The van der Waals surface area contributed by atoms with Gasteiger partial charge in [0.05, 0.1) is 6.61 Å². The molecule has 2 rings (SSSR count). The van der Waals surface area contributed by atoms with Gasteiger partial charge in [-0.25, -0.2) is 4.79 Å². The molecule has 6 N–H and O–H groups in total. The van der Waals surface area contributed by atoms with Gasteiger partial charge in [0.15, 0.2) is 30.9 Å². The first-order valence-electron chi connectivity index (χ1n) is 10.4. The van der Waals surface area contributed by atoms with E-state index in [9.17, 15) is 39.6 Å². The zero-order valence-corrected chi connectivity index (χ0v) is 19.0. The van der Waals surface area contributed by atoms with Crippen LogP contribution < -0.4 is 5.73 Å². The first-order chi connectivity index (χ1) is 16.3. The zero-order valence-electron chi connectivity index (χ0n) is 19.0. The van der Waals surface area contributed by atoms with Crippen molar-refractivity contribution in [3.63, 3.8) is 0 Å².